The van der Waals surface area contributed by atoms with E-state index in [1.54, 1.807) is 18.2 Å². The second-order valence-corrected chi connectivity index (χ2v) is 7.03. The van der Waals surface area contributed by atoms with Crippen LogP contribution in [0.2, 0.25) is 0 Å². The summed E-state index contributed by atoms with van der Waals surface area (Å²) in [7, 11) is 0. The molecular weight excluding hydrogens is 406 g/mol. The minimum absolute atomic E-state index is 0.181. The molecule has 2 aromatic rings. The fourth-order valence-corrected chi connectivity index (χ4v) is 3.39. The number of nitrogens with two attached hydrogens (primary N) is 1. The molecule has 1 aliphatic heterocycles. The molecule has 0 aliphatic carbocycles. The molecule has 1 aromatic heterocycles. The Morgan fingerprint density at radius 1 is 1.35 bits per heavy atom. The van der Waals surface area contributed by atoms with E-state index in [9.17, 15) is 13.6 Å². The first-order valence-electron chi connectivity index (χ1n) is 9.99. The van der Waals surface area contributed by atoms with Gasteiger partial charge in [0.15, 0.2) is 0 Å². The Kier molecular flexibility index (Phi) is 7.85. The summed E-state index contributed by atoms with van der Waals surface area (Å²) in [5.41, 5.74) is 7.64. The lowest BCUT2D eigenvalue weighted by molar-refractivity contribution is 0.0383. The number of morpholine rings is 1. The lowest BCUT2D eigenvalue weighted by Gasteiger charge is -2.26. The number of nitrogens with one attached hydrogen (secondary N) is 3. The summed E-state index contributed by atoms with van der Waals surface area (Å²) in [6.07, 6.45) is 1.18. The zero-order chi connectivity index (χ0) is 22.2. The molecule has 8 nitrogen and oxygen atoms in total. The molecule has 10 heteroatoms. The number of carbonyl (C=O) groups excluding carboxylic acids is 1. The van der Waals surface area contributed by atoms with Gasteiger partial charge in [-0.25, -0.2) is 8.78 Å². The normalized spacial score (nSPS) is 15.3. The Hall–Kier alpha value is -3.11. The molecule has 0 unspecified atom stereocenters. The Labute approximate surface area is 179 Å². The lowest BCUT2D eigenvalue weighted by Crippen LogP contribution is -2.41. The highest BCUT2D eigenvalue weighted by atomic mass is 19.3. The summed E-state index contributed by atoms with van der Waals surface area (Å²) < 4.78 is 31.2. The van der Waals surface area contributed by atoms with Gasteiger partial charge in [-0.1, -0.05) is 6.07 Å². The third kappa shape index (κ3) is 5.74. The molecule has 0 saturated carbocycles. The number of anilines is 1. The molecule has 166 valence electrons. The zero-order valence-electron chi connectivity index (χ0n) is 17.0. The monoisotopic (exact) mass is 432 g/mol. The van der Waals surface area contributed by atoms with Crippen molar-refractivity contribution in [3.8, 4) is 0 Å². The van der Waals surface area contributed by atoms with E-state index in [-0.39, 0.29) is 11.3 Å². The molecule has 3 rings (SSSR count). The van der Waals surface area contributed by atoms with Gasteiger partial charge in [-0.3, -0.25) is 14.7 Å². The summed E-state index contributed by atoms with van der Waals surface area (Å²) in [4.78, 5) is 19.3. The van der Waals surface area contributed by atoms with Gasteiger partial charge in [0.1, 0.15) is 0 Å². The first-order chi connectivity index (χ1) is 15.0. The maximum Gasteiger partial charge on any atom is 0.255 e. The van der Waals surface area contributed by atoms with Crippen molar-refractivity contribution >= 4 is 34.3 Å². The third-order valence-corrected chi connectivity index (χ3v) is 5.03. The van der Waals surface area contributed by atoms with Crippen LogP contribution < -0.4 is 16.4 Å². The summed E-state index contributed by atoms with van der Waals surface area (Å²) in [6.45, 7) is 3.43. The fraction of sp³-hybridized carbons (Fsp3) is 0.381. The molecule has 1 saturated heterocycles. The number of hydrogen-bond donors (Lipinski definition) is 4. The van der Waals surface area contributed by atoms with Crippen LogP contribution in [0.4, 0.5) is 14.5 Å². The Morgan fingerprint density at radius 3 is 2.81 bits per heavy atom. The number of pyridine rings is 1. The molecule has 0 bridgehead atoms. The highest BCUT2D eigenvalue weighted by molar-refractivity contribution is 6.11. The molecule has 5 N–H and O–H groups in total. The number of carbonyl (C=O) groups is 1. The third-order valence-electron chi connectivity index (χ3n) is 5.03. The smallest absolute Gasteiger partial charge is 0.255 e. The first-order valence-corrected chi connectivity index (χ1v) is 9.99. The molecular formula is C21H26F2N6O2. The number of hydrogen-bond acceptors (Lipinski definition) is 7. The maximum atomic E-state index is 12.9. The first kappa shape index (κ1) is 22.6. The number of amides is 1. The Morgan fingerprint density at radius 2 is 2.13 bits per heavy atom. The van der Waals surface area contributed by atoms with Crippen molar-refractivity contribution in [2.45, 2.75) is 6.43 Å². The molecule has 1 aliphatic rings. The fourth-order valence-electron chi connectivity index (χ4n) is 3.39. The lowest BCUT2D eigenvalue weighted by atomic mass is 10.0. The van der Waals surface area contributed by atoms with Crippen LogP contribution in [-0.2, 0) is 4.74 Å². The zero-order valence-corrected chi connectivity index (χ0v) is 17.0. The molecule has 1 fully saturated rings. The van der Waals surface area contributed by atoms with Crippen LogP contribution in [0.3, 0.4) is 0 Å². The van der Waals surface area contributed by atoms with Gasteiger partial charge in [-0.05, 0) is 17.7 Å². The minimum Gasteiger partial charge on any atom is -0.404 e. The van der Waals surface area contributed by atoms with Gasteiger partial charge in [-0.15, -0.1) is 0 Å². The van der Waals surface area contributed by atoms with Crippen molar-refractivity contribution in [1.82, 2.24) is 15.2 Å². The van der Waals surface area contributed by atoms with Crippen LogP contribution in [0.5, 0.6) is 0 Å². The van der Waals surface area contributed by atoms with Crippen molar-refractivity contribution in [2.24, 2.45) is 5.73 Å². The maximum absolute atomic E-state index is 12.9. The molecule has 2 heterocycles. The summed E-state index contributed by atoms with van der Waals surface area (Å²) in [6, 6.07) is 5.12. The van der Waals surface area contributed by atoms with Crippen LogP contribution in [-0.4, -0.2) is 74.4 Å². The van der Waals surface area contributed by atoms with E-state index in [4.69, 9.17) is 15.9 Å². The highest BCUT2D eigenvalue weighted by Gasteiger charge is 2.18. The number of halogens is 2. The van der Waals surface area contributed by atoms with Crippen LogP contribution >= 0.6 is 0 Å². The highest BCUT2D eigenvalue weighted by Crippen LogP contribution is 2.29. The molecule has 0 atom stereocenters. The van der Waals surface area contributed by atoms with Crippen LogP contribution in [0.15, 0.2) is 30.6 Å². The van der Waals surface area contributed by atoms with Crippen LogP contribution in [0.25, 0.3) is 16.5 Å². The van der Waals surface area contributed by atoms with E-state index < -0.39 is 18.9 Å². The number of rotatable bonds is 9. The van der Waals surface area contributed by atoms with Crippen molar-refractivity contribution in [2.75, 3.05) is 51.3 Å². The number of allylic oxidation sites excluding steroid dienone is 1. The minimum atomic E-state index is -2.59. The standard InChI is InChI=1S/C21H26F2N6O2/c22-19(23)13-28-20-16-9-14(15(10-24)11-25)1-2-18(16)27-12-17(20)21(30)26-3-4-29-5-7-31-8-6-29/h1-2,9-12,19,24H,3-8,13,25H2,(H,26,30)(H,27,28). The number of ether oxygens (including phenoxy) is 1. The number of fused-ring (bicyclic) bond motifs is 1. The van der Waals surface area contributed by atoms with Crippen molar-refractivity contribution in [1.29, 1.82) is 5.41 Å². The molecule has 0 spiro atoms. The molecule has 1 amide bonds. The Bertz CT molecular complexity index is 960. The molecule has 1 aromatic carbocycles. The molecule has 0 radical (unpaired) electrons. The van der Waals surface area contributed by atoms with E-state index >= 15 is 0 Å². The van der Waals surface area contributed by atoms with Gasteiger partial charge in [0, 0.05) is 55.7 Å². The average molecular weight is 432 g/mol. The summed E-state index contributed by atoms with van der Waals surface area (Å²) >= 11 is 0. The number of alkyl halides is 2. The predicted molar refractivity (Wildman–Crippen MR) is 117 cm³/mol. The second-order valence-electron chi connectivity index (χ2n) is 7.03. The quantitative estimate of drug-likeness (QED) is 0.450. The van der Waals surface area contributed by atoms with Gasteiger partial charge in [0.05, 0.1) is 36.5 Å². The van der Waals surface area contributed by atoms with E-state index in [0.29, 0.717) is 48.3 Å². The number of aromatic nitrogens is 1. The largest absolute Gasteiger partial charge is 0.404 e. The van der Waals surface area contributed by atoms with Gasteiger partial charge in [-0.2, -0.15) is 0 Å². The second kappa shape index (κ2) is 10.8. The number of benzene rings is 1. The van der Waals surface area contributed by atoms with Crippen LogP contribution in [0, 0.1) is 5.41 Å². The van der Waals surface area contributed by atoms with Gasteiger partial charge < -0.3 is 26.5 Å². The summed E-state index contributed by atoms with van der Waals surface area (Å²) in [5.74, 6) is -0.397. The van der Waals surface area contributed by atoms with E-state index in [2.05, 4.69) is 20.5 Å². The van der Waals surface area contributed by atoms with E-state index in [1.807, 2.05) is 0 Å². The van der Waals surface area contributed by atoms with Crippen LogP contribution in [0.1, 0.15) is 15.9 Å². The van der Waals surface area contributed by atoms with Gasteiger partial charge in [0.2, 0.25) is 0 Å². The van der Waals surface area contributed by atoms with Gasteiger partial charge >= 0.3 is 0 Å². The predicted octanol–water partition coefficient (Wildman–Crippen LogP) is 1.92. The van der Waals surface area contributed by atoms with Gasteiger partial charge in [0.25, 0.3) is 12.3 Å². The topological polar surface area (TPSA) is 116 Å². The summed E-state index contributed by atoms with van der Waals surface area (Å²) in [5, 5.41) is 13.5. The van der Waals surface area contributed by atoms with Crippen molar-refractivity contribution in [3.05, 3.63) is 41.7 Å². The average Bonchev–Trinajstić information content (AvgIpc) is 2.78. The van der Waals surface area contributed by atoms with Crippen molar-refractivity contribution < 1.29 is 18.3 Å². The molecule has 31 heavy (non-hydrogen) atoms. The Balaban J connectivity index is 1.87. The van der Waals surface area contributed by atoms with E-state index in [1.165, 1.54) is 12.4 Å². The van der Waals surface area contributed by atoms with E-state index in [0.717, 1.165) is 19.3 Å². The van der Waals surface area contributed by atoms with Crippen molar-refractivity contribution in [3.63, 3.8) is 0 Å². The SMILES string of the molecule is N=CC(=CN)c1ccc2ncc(C(=O)NCCN3CCOCC3)c(NCC(F)F)c2c1. The number of nitrogens with zero attached hydrogens (tertiary/aromatic N) is 2.